The lowest BCUT2D eigenvalue weighted by Gasteiger charge is -2.14. The van der Waals surface area contributed by atoms with E-state index in [0.717, 1.165) is 34.3 Å². The van der Waals surface area contributed by atoms with E-state index < -0.39 is 0 Å². The lowest BCUT2D eigenvalue weighted by atomic mass is 10.0. The molecule has 1 aliphatic rings. The van der Waals surface area contributed by atoms with Crippen molar-refractivity contribution in [2.45, 2.75) is 25.2 Å². The second-order valence-corrected chi connectivity index (χ2v) is 9.35. The smallest absolute Gasteiger partial charge is 0.272 e. The van der Waals surface area contributed by atoms with Gasteiger partial charge in [0.15, 0.2) is 5.82 Å². The normalized spacial score (nSPS) is 16.1. The highest BCUT2D eigenvalue weighted by Crippen LogP contribution is 2.57. The summed E-state index contributed by atoms with van der Waals surface area (Å²) in [6.07, 6.45) is 1.68. The van der Waals surface area contributed by atoms with Crippen molar-refractivity contribution in [1.82, 2.24) is 20.1 Å². The van der Waals surface area contributed by atoms with Crippen LogP contribution >= 0.6 is 0 Å². The Morgan fingerprint density at radius 1 is 1.13 bits per heavy atom. The molecule has 38 heavy (non-hydrogen) atoms. The van der Waals surface area contributed by atoms with E-state index in [1.807, 2.05) is 31.2 Å². The number of methoxy groups -OCH3 is 1. The molecular formula is C28H30N6O4. The highest BCUT2D eigenvalue weighted by molar-refractivity contribution is 5.94. The van der Waals surface area contributed by atoms with Crippen molar-refractivity contribution >= 4 is 40.4 Å². The number of amides is 2. The number of carbonyl (C=O) groups excluding carboxylic acids is 2. The molecule has 2 amide bonds. The van der Waals surface area contributed by atoms with Gasteiger partial charge in [-0.15, -0.1) is 0 Å². The van der Waals surface area contributed by atoms with Crippen molar-refractivity contribution in [1.29, 1.82) is 0 Å². The minimum atomic E-state index is -0.198. The Hall–Kier alpha value is -4.60. The van der Waals surface area contributed by atoms with Gasteiger partial charge < -0.3 is 25.0 Å². The van der Waals surface area contributed by atoms with Crippen LogP contribution in [0.5, 0.6) is 11.6 Å². The number of nitrogens with one attached hydrogen (secondary N) is 3. The van der Waals surface area contributed by atoms with Gasteiger partial charge in [-0.05, 0) is 78.8 Å². The van der Waals surface area contributed by atoms with Crippen LogP contribution in [0.15, 0.2) is 48.5 Å². The summed E-state index contributed by atoms with van der Waals surface area (Å²) < 4.78 is 11.1. The van der Waals surface area contributed by atoms with Gasteiger partial charge in [-0.1, -0.05) is 6.07 Å². The third kappa shape index (κ3) is 4.84. The molecule has 0 spiro atoms. The molecule has 1 saturated carbocycles. The fourth-order valence-corrected chi connectivity index (χ4v) is 4.70. The lowest BCUT2D eigenvalue weighted by Crippen LogP contribution is -2.23. The van der Waals surface area contributed by atoms with E-state index in [2.05, 4.69) is 37.9 Å². The van der Waals surface area contributed by atoms with E-state index >= 15 is 0 Å². The topological polar surface area (TPSA) is 121 Å². The van der Waals surface area contributed by atoms with Crippen LogP contribution in [-0.4, -0.2) is 60.2 Å². The number of pyridine rings is 1. The van der Waals surface area contributed by atoms with Crippen molar-refractivity contribution in [2.24, 2.45) is 0 Å². The van der Waals surface area contributed by atoms with Crippen LogP contribution in [0.2, 0.25) is 0 Å². The molecule has 0 aliphatic heterocycles. The molecule has 2 heterocycles. The first-order valence-corrected chi connectivity index (χ1v) is 12.4. The number of anilines is 3. The molecule has 0 radical (unpaired) electrons. The number of nitrogens with zero attached hydrogens (tertiary/aromatic N) is 3. The van der Waals surface area contributed by atoms with Crippen molar-refractivity contribution in [3.05, 3.63) is 65.4 Å². The van der Waals surface area contributed by atoms with E-state index in [9.17, 15) is 9.59 Å². The van der Waals surface area contributed by atoms with Gasteiger partial charge in [-0.3, -0.25) is 14.7 Å². The van der Waals surface area contributed by atoms with E-state index in [1.165, 1.54) is 10.5 Å². The summed E-state index contributed by atoms with van der Waals surface area (Å²) >= 11 is 0. The molecule has 10 nitrogen and oxygen atoms in total. The third-order valence-corrected chi connectivity index (χ3v) is 6.70. The van der Waals surface area contributed by atoms with E-state index in [0.29, 0.717) is 42.0 Å². The zero-order valence-electron chi connectivity index (χ0n) is 21.7. The standard InChI is InChI=1S/C28H30N6O4/c1-5-38-27-23(10-11-24(31-27)28(36)34(2)3)30-26-18-8-6-16(12-25(18)32-33-26)19-14-20(19)21-13-17(37-4)7-9-22(21)29-15-35/h6-13,15,19-20H,5,14H2,1-4H3,(H,29,35)(H2,30,32,33). The quantitative estimate of drug-likeness (QED) is 0.263. The van der Waals surface area contributed by atoms with E-state index in [4.69, 9.17) is 9.47 Å². The first-order valence-electron chi connectivity index (χ1n) is 12.4. The van der Waals surface area contributed by atoms with Crippen LogP contribution in [-0.2, 0) is 4.79 Å². The van der Waals surface area contributed by atoms with Crippen molar-refractivity contribution < 1.29 is 19.1 Å². The summed E-state index contributed by atoms with van der Waals surface area (Å²) in [5.41, 5.74) is 4.90. The molecule has 10 heteroatoms. The summed E-state index contributed by atoms with van der Waals surface area (Å²) in [5, 5.41) is 14.6. The molecule has 2 aromatic heterocycles. The van der Waals surface area contributed by atoms with Gasteiger partial charge >= 0.3 is 0 Å². The van der Waals surface area contributed by atoms with Crippen molar-refractivity contribution in [3.8, 4) is 11.6 Å². The molecule has 5 rings (SSSR count). The number of fused-ring (bicyclic) bond motifs is 1. The second kappa shape index (κ2) is 10.4. The Bertz CT molecular complexity index is 1500. The number of benzene rings is 2. The Balaban J connectivity index is 1.38. The van der Waals surface area contributed by atoms with E-state index in [1.54, 1.807) is 33.3 Å². The van der Waals surface area contributed by atoms with Crippen molar-refractivity contribution in [2.75, 3.05) is 38.4 Å². The maximum absolute atomic E-state index is 12.3. The third-order valence-electron chi connectivity index (χ3n) is 6.70. The maximum atomic E-state index is 12.3. The summed E-state index contributed by atoms with van der Waals surface area (Å²) in [6, 6.07) is 15.4. The minimum absolute atomic E-state index is 0.198. The second-order valence-electron chi connectivity index (χ2n) is 9.35. The largest absolute Gasteiger partial charge is 0.497 e. The van der Waals surface area contributed by atoms with Gasteiger partial charge in [0.2, 0.25) is 12.3 Å². The fourth-order valence-electron chi connectivity index (χ4n) is 4.70. The molecule has 2 unspecified atom stereocenters. The van der Waals surface area contributed by atoms with Crippen LogP contribution < -0.4 is 20.1 Å². The number of rotatable bonds is 10. The first-order chi connectivity index (χ1) is 18.4. The predicted molar refractivity (Wildman–Crippen MR) is 146 cm³/mol. The zero-order valence-corrected chi connectivity index (χ0v) is 21.7. The Morgan fingerprint density at radius 3 is 2.68 bits per heavy atom. The number of ether oxygens (including phenoxy) is 2. The molecule has 0 saturated heterocycles. The molecule has 0 bridgehead atoms. The highest BCUT2D eigenvalue weighted by atomic mass is 16.5. The average molecular weight is 515 g/mol. The van der Waals surface area contributed by atoms with Gasteiger partial charge in [0.25, 0.3) is 5.91 Å². The van der Waals surface area contributed by atoms with Gasteiger partial charge in [-0.25, -0.2) is 4.98 Å². The molecular weight excluding hydrogens is 484 g/mol. The van der Waals surface area contributed by atoms with Gasteiger partial charge in [0.1, 0.15) is 17.1 Å². The molecule has 1 aliphatic carbocycles. The summed E-state index contributed by atoms with van der Waals surface area (Å²) in [6.45, 7) is 2.28. The lowest BCUT2D eigenvalue weighted by molar-refractivity contribution is -0.105. The molecule has 3 N–H and O–H groups in total. The summed E-state index contributed by atoms with van der Waals surface area (Å²) in [4.78, 5) is 29.3. The van der Waals surface area contributed by atoms with Crippen LogP contribution in [0.4, 0.5) is 17.2 Å². The van der Waals surface area contributed by atoms with Crippen LogP contribution in [0.1, 0.15) is 46.8 Å². The zero-order chi connectivity index (χ0) is 26.8. The van der Waals surface area contributed by atoms with Crippen molar-refractivity contribution in [3.63, 3.8) is 0 Å². The van der Waals surface area contributed by atoms with Crippen LogP contribution in [0.25, 0.3) is 10.9 Å². The average Bonchev–Trinajstić information content (AvgIpc) is 3.63. The Labute approximate surface area is 220 Å². The SMILES string of the molecule is CCOc1nc(C(=O)N(C)C)ccc1Nc1n[nH]c2cc(C3CC3c3cc(OC)ccc3NC=O)ccc12. The Morgan fingerprint density at radius 2 is 1.95 bits per heavy atom. The number of H-pyrrole nitrogens is 1. The van der Waals surface area contributed by atoms with Crippen LogP contribution in [0, 0.1) is 0 Å². The summed E-state index contributed by atoms with van der Waals surface area (Å²) in [5.74, 6) is 2.16. The molecule has 196 valence electrons. The fraction of sp³-hybridized carbons (Fsp3) is 0.286. The summed E-state index contributed by atoms with van der Waals surface area (Å²) in [7, 11) is 5.00. The van der Waals surface area contributed by atoms with Gasteiger partial charge in [0.05, 0.1) is 19.2 Å². The van der Waals surface area contributed by atoms with Gasteiger partial charge in [0, 0.05) is 25.2 Å². The number of aromatic amines is 1. The maximum Gasteiger partial charge on any atom is 0.272 e. The number of carbonyl (C=O) groups is 2. The van der Waals surface area contributed by atoms with E-state index in [-0.39, 0.29) is 11.8 Å². The number of aromatic nitrogens is 3. The van der Waals surface area contributed by atoms with Crippen LogP contribution in [0.3, 0.4) is 0 Å². The number of hydrogen-bond acceptors (Lipinski definition) is 7. The van der Waals surface area contributed by atoms with Gasteiger partial charge in [-0.2, -0.15) is 5.10 Å². The molecule has 4 aromatic rings. The monoisotopic (exact) mass is 514 g/mol. The molecule has 2 atom stereocenters. The first kappa shape index (κ1) is 25.1. The number of hydrogen-bond donors (Lipinski definition) is 3. The molecule has 2 aromatic carbocycles. The predicted octanol–water partition coefficient (Wildman–Crippen LogP) is 4.65. The minimum Gasteiger partial charge on any atom is -0.497 e. The highest BCUT2D eigenvalue weighted by Gasteiger charge is 2.41. The Kier molecular flexibility index (Phi) is 6.87. The molecule has 1 fully saturated rings.